The standard InChI is InChI=1S/C16H18N2O/c1-11-3-5-13(6-4-11)10-18-16(19)14-7-12(2)8-15(17)9-14/h3-9H,10,17H2,1-2H3,(H,18,19). The molecule has 1 amide bonds. The van der Waals surface area contributed by atoms with Crippen molar-refractivity contribution in [1.29, 1.82) is 0 Å². The van der Waals surface area contributed by atoms with Gasteiger partial charge in [0.1, 0.15) is 0 Å². The van der Waals surface area contributed by atoms with E-state index in [9.17, 15) is 4.79 Å². The zero-order chi connectivity index (χ0) is 13.8. The van der Waals surface area contributed by atoms with E-state index in [1.54, 1.807) is 6.07 Å². The molecular formula is C16H18N2O. The van der Waals surface area contributed by atoms with Gasteiger partial charge in [0.25, 0.3) is 5.91 Å². The van der Waals surface area contributed by atoms with Crippen LogP contribution >= 0.6 is 0 Å². The molecule has 0 aliphatic rings. The Bertz CT molecular complexity index is 568. The molecule has 0 fully saturated rings. The van der Waals surface area contributed by atoms with Gasteiger partial charge in [-0.15, -0.1) is 0 Å². The summed E-state index contributed by atoms with van der Waals surface area (Å²) in [5.74, 6) is -0.101. The fourth-order valence-corrected chi connectivity index (χ4v) is 1.93. The zero-order valence-electron chi connectivity index (χ0n) is 11.2. The van der Waals surface area contributed by atoms with Crippen LogP contribution < -0.4 is 11.1 Å². The molecule has 3 N–H and O–H groups in total. The first kappa shape index (κ1) is 13.1. The van der Waals surface area contributed by atoms with E-state index in [1.807, 2.05) is 50.2 Å². The highest BCUT2D eigenvalue weighted by Crippen LogP contribution is 2.11. The second-order valence-corrected chi connectivity index (χ2v) is 4.80. The van der Waals surface area contributed by atoms with Gasteiger partial charge in [-0.25, -0.2) is 0 Å². The summed E-state index contributed by atoms with van der Waals surface area (Å²) in [6, 6.07) is 13.5. The maximum atomic E-state index is 12.0. The van der Waals surface area contributed by atoms with Gasteiger partial charge in [0.2, 0.25) is 0 Å². The number of nitrogen functional groups attached to an aromatic ring is 1. The molecule has 0 atom stereocenters. The summed E-state index contributed by atoms with van der Waals surface area (Å²) in [7, 11) is 0. The van der Waals surface area contributed by atoms with Crippen LogP contribution in [0.15, 0.2) is 42.5 Å². The van der Waals surface area contributed by atoms with Crippen LogP contribution in [-0.2, 0) is 6.54 Å². The number of anilines is 1. The Morgan fingerprint density at radius 2 is 1.74 bits per heavy atom. The van der Waals surface area contributed by atoms with E-state index in [0.29, 0.717) is 17.8 Å². The van der Waals surface area contributed by atoms with Gasteiger partial charge < -0.3 is 11.1 Å². The molecule has 0 unspecified atom stereocenters. The third-order valence-corrected chi connectivity index (χ3v) is 2.94. The molecule has 0 aliphatic heterocycles. The summed E-state index contributed by atoms with van der Waals surface area (Å²) in [6.07, 6.45) is 0. The second-order valence-electron chi connectivity index (χ2n) is 4.80. The predicted molar refractivity (Wildman–Crippen MR) is 77.9 cm³/mol. The highest BCUT2D eigenvalue weighted by molar-refractivity contribution is 5.95. The number of hydrogen-bond acceptors (Lipinski definition) is 2. The molecule has 0 spiro atoms. The minimum absolute atomic E-state index is 0.101. The lowest BCUT2D eigenvalue weighted by atomic mass is 10.1. The number of aryl methyl sites for hydroxylation is 2. The Morgan fingerprint density at radius 1 is 1.05 bits per heavy atom. The molecule has 98 valence electrons. The van der Waals surface area contributed by atoms with Crippen LogP contribution in [-0.4, -0.2) is 5.91 Å². The Labute approximate surface area is 113 Å². The molecule has 2 aromatic carbocycles. The van der Waals surface area contributed by atoms with Crippen LogP contribution in [0.1, 0.15) is 27.0 Å². The first-order valence-electron chi connectivity index (χ1n) is 6.25. The van der Waals surface area contributed by atoms with E-state index in [4.69, 9.17) is 5.73 Å². The molecule has 0 heterocycles. The lowest BCUT2D eigenvalue weighted by Gasteiger charge is -2.07. The summed E-state index contributed by atoms with van der Waals surface area (Å²) in [6.45, 7) is 4.48. The third kappa shape index (κ3) is 3.58. The van der Waals surface area contributed by atoms with Crippen LogP contribution in [0.25, 0.3) is 0 Å². The topological polar surface area (TPSA) is 55.1 Å². The highest BCUT2D eigenvalue weighted by atomic mass is 16.1. The van der Waals surface area contributed by atoms with Gasteiger partial charge in [-0.3, -0.25) is 4.79 Å². The normalized spacial score (nSPS) is 10.2. The van der Waals surface area contributed by atoms with E-state index in [2.05, 4.69) is 5.32 Å². The van der Waals surface area contributed by atoms with Crippen molar-refractivity contribution in [2.45, 2.75) is 20.4 Å². The molecule has 2 aromatic rings. The van der Waals surface area contributed by atoms with Crippen molar-refractivity contribution in [2.75, 3.05) is 5.73 Å². The maximum Gasteiger partial charge on any atom is 0.251 e. The van der Waals surface area contributed by atoms with E-state index in [0.717, 1.165) is 11.1 Å². The highest BCUT2D eigenvalue weighted by Gasteiger charge is 2.06. The second kappa shape index (κ2) is 5.57. The van der Waals surface area contributed by atoms with Crippen LogP contribution in [0.3, 0.4) is 0 Å². The molecule has 0 bridgehead atoms. The van der Waals surface area contributed by atoms with Gasteiger partial charge in [-0.2, -0.15) is 0 Å². The third-order valence-electron chi connectivity index (χ3n) is 2.94. The van der Waals surface area contributed by atoms with E-state index in [1.165, 1.54) is 5.56 Å². The fraction of sp³-hybridized carbons (Fsp3) is 0.188. The van der Waals surface area contributed by atoms with Gasteiger partial charge in [0, 0.05) is 17.8 Å². The molecular weight excluding hydrogens is 236 g/mol. The Kier molecular flexibility index (Phi) is 3.85. The van der Waals surface area contributed by atoms with Crippen molar-refractivity contribution >= 4 is 11.6 Å². The largest absolute Gasteiger partial charge is 0.399 e. The van der Waals surface area contributed by atoms with Crippen LogP contribution in [0.4, 0.5) is 5.69 Å². The van der Waals surface area contributed by atoms with Crippen molar-refractivity contribution in [3.63, 3.8) is 0 Å². The van der Waals surface area contributed by atoms with E-state index >= 15 is 0 Å². The molecule has 0 saturated carbocycles. The van der Waals surface area contributed by atoms with Gasteiger partial charge in [0.15, 0.2) is 0 Å². The summed E-state index contributed by atoms with van der Waals surface area (Å²) in [5, 5.41) is 2.89. The Hall–Kier alpha value is -2.29. The molecule has 3 nitrogen and oxygen atoms in total. The average molecular weight is 254 g/mol. The van der Waals surface area contributed by atoms with E-state index < -0.39 is 0 Å². The van der Waals surface area contributed by atoms with Crippen LogP contribution in [0, 0.1) is 13.8 Å². The molecule has 3 heteroatoms. The zero-order valence-corrected chi connectivity index (χ0v) is 11.2. The maximum absolute atomic E-state index is 12.0. The minimum atomic E-state index is -0.101. The number of carbonyl (C=O) groups is 1. The molecule has 0 radical (unpaired) electrons. The van der Waals surface area contributed by atoms with Crippen molar-refractivity contribution in [1.82, 2.24) is 5.32 Å². The van der Waals surface area contributed by atoms with E-state index in [-0.39, 0.29) is 5.91 Å². The average Bonchev–Trinajstić information content (AvgIpc) is 2.36. The fourth-order valence-electron chi connectivity index (χ4n) is 1.93. The lowest BCUT2D eigenvalue weighted by molar-refractivity contribution is 0.0951. The summed E-state index contributed by atoms with van der Waals surface area (Å²) in [4.78, 5) is 12.0. The van der Waals surface area contributed by atoms with Gasteiger partial charge in [-0.05, 0) is 43.2 Å². The first-order chi connectivity index (χ1) is 9.04. The Morgan fingerprint density at radius 3 is 2.37 bits per heavy atom. The van der Waals surface area contributed by atoms with Crippen molar-refractivity contribution in [2.24, 2.45) is 0 Å². The van der Waals surface area contributed by atoms with Crippen LogP contribution in [0.5, 0.6) is 0 Å². The number of benzene rings is 2. The van der Waals surface area contributed by atoms with Gasteiger partial charge >= 0.3 is 0 Å². The smallest absolute Gasteiger partial charge is 0.251 e. The summed E-state index contributed by atoms with van der Waals surface area (Å²) < 4.78 is 0. The SMILES string of the molecule is Cc1ccc(CNC(=O)c2cc(C)cc(N)c2)cc1. The Balaban J connectivity index is 2.03. The predicted octanol–water partition coefficient (Wildman–Crippen LogP) is 2.82. The monoisotopic (exact) mass is 254 g/mol. The van der Waals surface area contributed by atoms with Crippen molar-refractivity contribution in [3.8, 4) is 0 Å². The van der Waals surface area contributed by atoms with Crippen LogP contribution in [0.2, 0.25) is 0 Å². The number of amides is 1. The summed E-state index contributed by atoms with van der Waals surface area (Å²) in [5.41, 5.74) is 10.2. The van der Waals surface area contributed by atoms with Gasteiger partial charge in [-0.1, -0.05) is 29.8 Å². The first-order valence-corrected chi connectivity index (χ1v) is 6.25. The van der Waals surface area contributed by atoms with Crippen molar-refractivity contribution in [3.05, 3.63) is 64.7 Å². The molecule has 2 rings (SSSR count). The minimum Gasteiger partial charge on any atom is -0.399 e. The number of carbonyl (C=O) groups excluding carboxylic acids is 1. The van der Waals surface area contributed by atoms with Gasteiger partial charge in [0.05, 0.1) is 0 Å². The number of rotatable bonds is 3. The number of nitrogens with one attached hydrogen (secondary N) is 1. The quantitative estimate of drug-likeness (QED) is 0.827. The molecule has 0 saturated heterocycles. The summed E-state index contributed by atoms with van der Waals surface area (Å²) >= 11 is 0. The number of hydrogen-bond donors (Lipinski definition) is 2. The number of nitrogens with two attached hydrogens (primary N) is 1. The molecule has 19 heavy (non-hydrogen) atoms. The lowest BCUT2D eigenvalue weighted by Crippen LogP contribution is -2.23. The molecule has 0 aromatic heterocycles. The van der Waals surface area contributed by atoms with Crippen molar-refractivity contribution < 1.29 is 4.79 Å². The molecule has 0 aliphatic carbocycles.